The van der Waals surface area contributed by atoms with Crippen LogP contribution in [0.15, 0.2) is 29.4 Å². The molecule has 1 saturated heterocycles. The molecule has 1 fully saturated rings. The highest BCUT2D eigenvalue weighted by atomic mass is 32.2. The van der Waals surface area contributed by atoms with Crippen LogP contribution in [0.4, 0.5) is 5.69 Å². The number of nitro benzene ring substituents is 1. The number of hydrogen-bond acceptors (Lipinski definition) is 7. The molecule has 1 aliphatic heterocycles. The van der Waals surface area contributed by atoms with E-state index >= 15 is 0 Å². The number of hydrogen-bond donors (Lipinski definition) is 0. The van der Waals surface area contributed by atoms with E-state index in [0.717, 1.165) is 0 Å². The van der Waals surface area contributed by atoms with Crippen LogP contribution >= 0.6 is 11.8 Å². The van der Waals surface area contributed by atoms with Crippen LogP contribution < -0.4 is 0 Å². The zero-order valence-corrected chi connectivity index (χ0v) is 12.4. The number of thioether (sulfide) groups is 1. The first-order chi connectivity index (χ1) is 10.6. The van der Waals surface area contributed by atoms with Gasteiger partial charge in [0.2, 0.25) is 0 Å². The van der Waals surface area contributed by atoms with E-state index in [-0.39, 0.29) is 16.9 Å². The van der Waals surface area contributed by atoms with Gasteiger partial charge in [0.1, 0.15) is 5.25 Å². The summed E-state index contributed by atoms with van der Waals surface area (Å²) in [6, 6.07) is 6.20. The second-order valence-electron chi connectivity index (χ2n) is 4.74. The van der Waals surface area contributed by atoms with E-state index in [1.54, 1.807) is 23.7 Å². The minimum atomic E-state index is -0.454. The molecule has 0 spiro atoms. The highest BCUT2D eigenvalue weighted by Crippen LogP contribution is 2.30. The van der Waals surface area contributed by atoms with Gasteiger partial charge in [0, 0.05) is 31.2 Å². The molecule has 2 aromatic rings. The Morgan fingerprint density at radius 1 is 1.45 bits per heavy atom. The number of cyclic esters (lactones) is 1. The molecule has 0 aliphatic carbocycles. The third-order valence-corrected chi connectivity index (χ3v) is 4.56. The van der Waals surface area contributed by atoms with Crippen LogP contribution in [0.5, 0.6) is 0 Å². The maximum Gasteiger partial charge on any atom is 0.319 e. The predicted octanol–water partition coefficient (Wildman–Crippen LogP) is 1.80. The first-order valence-electron chi connectivity index (χ1n) is 6.54. The Morgan fingerprint density at radius 3 is 2.95 bits per heavy atom. The average Bonchev–Trinajstić information content (AvgIpc) is 3.07. The second kappa shape index (κ2) is 5.76. The predicted molar refractivity (Wildman–Crippen MR) is 78.3 cm³/mol. The Bertz CT molecular complexity index is 745. The van der Waals surface area contributed by atoms with Crippen molar-refractivity contribution >= 4 is 23.4 Å². The minimum Gasteiger partial charge on any atom is -0.465 e. The van der Waals surface area contributed by atoms with E-state index in [0.29, 0.717) is 29.6 Å². The van der Waals surface area contributed by atoms with Crippen LogP contribution in [0.25, 0.3) is 11.4 Å². The summed E-state index contributed by atoms with van der Waals surface area (Å²) in [7, 11) is 1.76. The maximum atomic E-state index is 11.5. The molecule has 3 rings (SSSR count). The molecule has 0 bridgehead atoms. The smallest absolute Gasteiger partial charge is 0.319 e. The van der Waals surface area contributed by atoms with Crippen molar-refractivity contribution in [1.82, 2.24) is 14.8 Å². The molecule has 1 aromatic heterocycles. The number of aromatic nitrogens is 3. The summed E-state index contributed by atoms with van der Waals surface area (Å²) in [4.78, 5) is 21.9. The fourth-order valence-corrected chi connectivity index (χ4v) is 3.10. The topological polar surface area (TPSA) is 100 Å². The van der Waals surface area contributed by atoms with E-state index in [1.165, 1.54) is 23.9 Å². The minimum absolute atomic E-state index is 0.00549. The second-order valence-corrected chi connectivity index (χ2v) is 5.91. The van der Waals surface area contributed by atoms with Crippen molar-refractivity contribution < 1.29 is 14.5 Å². The molecule has 8 nitrogen and oxygen atoms in total. The van der Waals surface area contributed by atoms with Crippen molar-refractivity contribution in [3.05, 3.63) is 34.4 Å². The molecule has 1 aliphatic rings. The van der Waals surface area contributed by atoms with Gasteiger partial charge in [-0.25, -0.2) is 0 Å². The third-order valence-electron chi connectivity index (χ3n) is 3.28. The van der Waals surface area contributed by atoms with Crippen molar-refractivity contribution in [3.8, 4) is 11.4 Å². The molecule has 1 aromatic carbocycles. The number of carbonyl (C=O) groups excluding carboxylic acids is 1. The summed E-state index contributed by atoms with van der Waals surface area (Å²) < 4.78 is 6.64. The van der Waals surface area contributed by atoms with Crippen molar-refractivity contribution in [2.45, 2.75) is 16.8 Å². The van der Waals surface area contributed by atoms with Gasteiger partial charge in [-0.05, 0) is 0 Å². The van der Waals surface area contributed by atoms with E-state index in [2.05, 4.69) is 10.2 Å². The number of nitrogens with zero attached hydrogens (tertiary/aromatic N) is 4. The molecule has 1 atom stereocenters. The zero-order valence-electron chi connectivity index (χ0n) is 11.6. The highest BCUT2D eigenvalue weighted by molar-refractivity contribution is 8.00. The van der Waals surface area contributed by atoms with Gasteiger partial charge in [-0.3, -0.25) is 14.9 Å². The van der Waals surface area contributed by atoms with Crippen molar-refractivity contribution in [2.24, 2.45) is 7.05 Å². The van der Waals surface area contributed by atoms with E-state index in [4.69, 9.17) is 4.74 Å². The maximum absolute atomic E-state index is 11.5. The van der Waals surface area contributed by atoms with E-state index in [9.17, 15) is 14.9 Å². The number of rotatable bonds is 4. The summed E-state index contributed by atoms with van der Waals surface area (Å²) >= 11 is 1.29. The number of non-ortho nitro benzene ring substituents is 1. The van der Waals surface area contributed by atoms with Crippen molar-refractivity contribution in [3.63, 3.8) is 0 Å². The molecule has 9 heteroatoms. The van der Waals surface area contributed by atoms with Gasteiger partial charge in [-0.1, -0.05) is 23.9 Å². The molecule has 0 unspecified atom stereocenters. The van der Waals surface area contributed by atoms with Gasteiger partial charge >= 0.3 is 5.97 Å². The molecule has 2 heterocycles. The van der Waals surface area contributed by atoms with Gasteiger partial charge in [0.05, 0.1) is 11.5 Å². The van der Waals surface area contributed by atoms with Crippen LogP contribution in [0, 0.1) is 10.1 Å². The molecule has 22 heavy (non-hydrogen) atoms. The standard InChI is InChI=1S/C13H12N4O4S/c1-16-11(8-3-2-4-9(7-8)17(19)20)14-15-13(16)22-10-5-6-21-12(10)18/h2-4,7,10H,5-6H2,1H3/t10-/m0/s1. The largest absolute Gasteiger partial charge is 0.465 e. The Balaban J connectivity index is 1.88. The van der Waals surface area contributed by atoms with Gasteiger partial charge in [0.25, 0.3) is 5.69 Å². The Hall–Kier alpha value is -2.42. The lowest BCUT2D eigenvalue weighted by molar-refractivity contribution is -0.384. The lowest BCUT2D eigenvalue weighted by Crippen LogP contribution is -2.10. The van der Waals surface area contributed by atoms with Crippen LogP contribution in [0.2, 0.25) is 0 Å². The fraction of sp³-hybridized carbons (Fsp3) is 0.308. The monoisotopic (exact) mass is 320 g/mol. The normalized spacial score (nSPS) is 17.5. The fourth-order valence-electron chi connectivity index (χ4n) is 2.14. The van der Waals surface area contributed by atoms with Gasteiger partial charge in [-0.2, -0.15) is 0 Å². The van der Waals surface area contributed by atoms with Crippen LogP contribution in [-0.4, -0.2) is 37.5 Å². The third kappa shape index (κ3) is 2.67. The SMILES string of the molecule is Cn1c(S[C@H]2CCOC2=O)nnc1-c1cccc([N+](=O)[O-])c1. The average molecular weight is 320 g/mol. The number of carbonyl (C=O) groups is 1. The number of benzene rings is 1. The quantitative estimate of drug-likeness (QED) is 0.481. The van der Waals surface area contributed by atoms with Gasteiger partial charge < -0.3 is 9.30 Å². The van der Waals surface area contributed by atoms with Gasteiger partial charge in [0.15, 0.2) is 11.0 Å². The van der Waals surface area contributed by atoms with Crippen LogP contribution in [0.1, 0.15) is 6.42 Å². The summed E-state index contributed by atoms with van der Waals surface area (Å²) in [5.74, 6) is 0.266. The van der Waals surface area contributed by atoms with E-state index in [1.807, 2.05) is 0 Å². The van der Waals surface area contributed by atoms with Crippen molar-refractivity contribution in [1.29, 1.82) is 0 Å². The van der Waals surface area contributed by atoms with Crippen LogP contribution in [-0.2, 0) is 16.6 Å². The molecule has 0 saturated carbocycles. The number of esters is 1. The summed E-state index contributed by atoms with van der Waals surface area (Å²) in [5.41, 5.74) is 0.596. The zero-order chi connectivity index (χ0) is 15.7. The molecule has 114 valence electrons. The summed E-state index contributed by atoms with van der Waals surface area (Å²) in [5, 5.41) is 19.3. The van der Waals surface area contributed by atoms with E-state index < -0.39 is 4.92 Å². The Kier molecular flexibility index (Phi) is 3.80. The Morgan fingerprint density at radius 2 is 2.27 bits per heavy atom. The lowest BCUT2D eigenvalue weighted by atomic mass is 10.2. The molecule has 0 amide bonds. The number of ether oxygens (including phenoxy) is 1. The molecular weight excluding hydrogens is 308 g/mol. The number of nitro groups is 1. The lowest BCUT2D eigenvalue weighted by Gasteiger charge is -2.06. The molecule has 0 N–H and O–H groups in total. The van der Waals surface area contributed by atoms with Crippen molar-refractivity contribution in [2.75, 3.05) is 6.61 Å². The Labute approximate surface area is 129 Å². The summed E-state index contributed by atoms with van der Waals surface area (Å²) in [6.07, 6.45) is 0.641. The summed E-state index contributed by atoms with van der Waals surface area (Å²) in [6.45, 7) is 0.423. The van der Waals surface area contributed by atoms with Gasteiger partial charge in [-0.15, -0.1) is 10.2 Å². The first-order valence-corrected chi connectivity index (χ1v) is 7.42. The molecular formula is C13H12N4O4S. The first kappa shape index (κ1) is 14.5. The molecule has 0 radical (unpaired) electrons. The van der Waals surface area contributed by atoms with Crippen LogP contribution in [0.3, 0.4) is 0 Å². The highest BCUT2D eigenvalue weighted by Gasteiger charge is 2.29.